The Kier molecular flexibility index (Phi) is 10.3. The van der Waals surface area contributed by atoms with Gasteiger partial charge in [-0.25, -0.2) is 0 Å². The lowest BCUT2D eigenvalue weighted by atomic mass is 10.4. The molecule has 2 amide bonds. The van der Waals surface area contributed by atoms with Crippen molar-refractivity contribution >= 4 is 11.8 Å². The van der Waals surface area contributed by atoms with Crippen molar-refractivity contribution in [1.82, 2.24) is 5.32 Å². The Balaban J connectivity index is 0. The summed E-state index contributed by atoms with van der Waals surface area (Å²) in [6.07, 6.45) is -0.226. The number of rotatable bonds is 2. The molecule has 0 aromatic rings. The van der Waals surface area contributed by atoms with Gasteiger partial charge in [-0.2, -0.15) is 10.5 Å². The molecule has 13 heavy (non-hydrogen) atoms. The van der Waals surface area contributed by atoms with E-state index in [0.29, 0.717) is 0 Å². The largest absolute Gasteiger partial charge is 0.369 e. The van der Waals surface area contributed by atoms with E-state index in [1.165, 1.54) is 7.05 Å². The summed E-state index contributed by atoms with van der Waals surface area (Å²) >= 11 is 0. The number of amides is 2. The van der Waals surface area contributed by atoms with Crippen LogP contribution in [0.3, 0.4) is 0 Å². The molecule has 0 aromatic heterocycles. The minimum absolute atomic E-state index is 0.0451. The van der Waals surface area contributed by atoms with Gasteiger partial charge in [0, 0.05) is 7.05 Å². The van der Waals surface area contributed by atoms with Gasteiger partial charge in [0.25, 0.3) is 0 Å². The predicted molar refractivity (Wildman–Crippen MR) is 43.7 cm³/mol. The Morgan fingerprint density at radius 2 is 1.77 bits per heavy atom. The van der Waals surface area contributed by atoms with Crippen LogP contribution in [0.4, 0.5) is 0 Å². The lowest BCUT2D eigenvalue weighted by molar-refractivity contribution is -0.119. The van der Waals surface area contributed by atoms with Crippen LogP contribution in [-0.2, 0) is 9.59 Å². The van der Waals surface area contributed by atoms with Gasteiger partial charge in [-0.05, 0) is 0 Å². The number of carbonyl (C=O) groups is 2. The van der Waals surface area contributed by atoms with Gasteiger partial charge in [-0.1, -0.05) is 0 Å². The zero-order chi connectivity index (χ0) is 10.7. The Labute approximate surface area is 75.9 Å². The molecule has 0 heterocycles. The lowest BCUT2D eigenvalue weighted by Gasteiger charge is -1.85. The molecule has 70 valence electrons. The van der Waals surface area contributed by atoms with Crippen molar-refractivity contribution in [1.29, 1.82) is 10.5 Å². The molecule has 0 aromatic carbocycles. The van der Waals surface area contributed by atoms with Crippen molar-refractivity contribution in [2.24, 2.45) is 5.73 Å². The number of nitrogens with one attached hydrogen (secondary N) is 1. The van der Waals surface area contributed by atoms with Crippen molar-refractivity contribution in [2.75, 3.05) is 7.05 Å². The van der Waals surface area contributed by atoms with Gasteiger partial charge in [0.2, 0.25) is 11.8 Å². The maximum atomic E-state index is 10.1. The second-order valence-corrected chi connectivity index (χ2v) is 1.81. The second-order valence-electron chi connectivity index (χ2n) is 1.81. The molecular formula is C7H10N4O2. The second kappa shape index (κ2) is 9.92. The third-order valence-electron chi connectivity index (χ3n) is 0.772. The van der Waals surface area contributed by atoms with Crippen molar-refractivity contribution in [3.05, 3.63) is 0 Å². The lowest BCUT2D eigenvalue weighted by Crippen LogP contribution is -2.15. The Morgan fingerprint density at radius 3 is 1.85 bits per heavy atom. The van der Waals surface area contributed by atoms with Gasteiger partial charge >= 0.3 is 0 Å². The van der Waals surface area contributed by atoms with Gasteiger partial charge in [-0.15, -0.1) is 0 Å². The van der Waals surface area contributed by atoms with Crippen LogP contribution in [0, 0.1) is 22.7 Å². The summed E-state index contributed by atoms with van der Waals surface area (Å²) < 4.78 is 0. The van der Waals surface area contributed by atoms with Crippen LogP contribution in [0.5, 0.6) is 0 Å². The van der Waals surface area contributed by atoms with Crippen molar-refractivity contribution < 1.29 is 9.59 Å². The molecule has 0 saturated heterocycles. The Morgan fingerprint density at radius 1 is 1.31 bits per heavy atom. The van der Waals surface area contributed by atoms with Crippen LogP contribution < -0.4 is 11.1 Å². The summed E-state index contributed by atoms with van der Waals surface area (Å²) in [5.41, 5.74) is 4.54. The normalized spacial score (nSPS) is 6.69. The highest BCUT2D eigenvalue weighted by atomic mass is 16.1. The maximum absolute atomic E-state index is 10.1. The molecule has 0 atom stereocenters. The maximum Gasteiger partial charge on any atom is 0.233 e. The minimum Gasteiger partial charge on any atom is -0.369 e. The van der Waals surface area contributed by atoms with E-state index in [1.807, 2.05) is 0 Å². The fourth-order valence-corrected chi connectivity index (χ4v) is 0.238. The summed E-state index contributed by atoms with van der Waals surface area (Å²) in [7, 11) is 1.50. The highest BCUT2D eigenvalue weighted by Crippen LogP contribution is 1.69. The first-order chi connectivity index (χ1) is 6.08. The van der Waals surface area contributed by atoms with E-state index in [4.69, 9.17) is 10.5 Å². The number of nitrogens with zero attached hydrogens (tertiary/aromatic N) is 2. The molecule has 3 N–H and O–H groups in total. The quantitative estimate of drug-likeness (QED) is 0.570. The molecule has 0 fully saturated rings. The van der Waals surface area contributed by atoms with Crippen LogP contribution in [0.2, 0.25) is 0 Å². The molecular weight excluding hydrogens is 172 g/mol. The number of carbonyl (C=O) groups excluding carboxylic acids is 2. The highest BCUT2D eigenvalue weighted by molar-refractivity contribution is 5.77. The van der Waals surface area contributed by atoms with Crippen molar-refractivity contribution in [3.63, 3.8) is 0 Å². The minimum atomic E-state index is -0.572. The SMILES string of the molecule is CNC(=O)CC#N.N#CCC(N)=O. The molecule has 6 heteroatoms. The van der Waals surface area contributed by atoms with Crippen LogP contribution in [-0.4, -0.2) is 18.9 Å². The highest BCUT2D eigenvalue weighted by Gasteiger charge is 1.90. The summed E-state index contributed by atoms with van der Waals surface area (Å²) in [5, 5.41) is 17.8. The predicted octanol–water partition coefficient (Wildman–Crippen LogP) is -0.969. The van der Waals surface area contributed by atoms with E-state index in [-0.39, 0.29) is 18.7 Å². The van der Waals surface area contributed by atoms with Crippen molar-refractivity contribution in [3.8, 4) is 12.1 Å². The first-order valence-electron chi connectivity index (χ1n) is 3.31. The van der Waals surface area contributed by atoms with E-state index in [0.717, 1.165) is 0 Å². The standard InChI is InChI=1S/C4H6N2O.C3H4N2O/c1-6-4(7)2-3-5;4-2-1-3(5)6/h2H2,1H3,(H,6,7);1H2,(H2,5,6). The summed E-state index contributed by atoms with van der Waals surface area (Å²) in [5.74, 6) is -0.806. The van der Waals surface area contributed by atoms with E-state index in [2.05, 4.69) is 11.1 Å². The van der Waals surface area contributed by atoms with Gasteiger partial charge in [0.05, 0.1) is 12.1 Å². The number of nitriles is 2. The molecule has 0 radical (unpaired) electrons. The third kappa shape index (κ3) is 17.8. The number of hydrogen-bond donors (Lipinski definition) is 2. The Bertz CT molecular complexity index is 248. The molecule has 0 spiro atoms. The van der Waals surface area contributed by atoms with Gasteiger partial charge in [0.1, 0.15) is 12.8 Å². The summed E-state index contributed by atoms with van der Waals surface area (Å²) in [4.78, 5) is 19.7. The fourth-order valence-electron chi connectivity index (χ4n) is 0.238. The topological polar surface area (TPSA) is 120 Å². The monoisotopic (exact) mass is 182 g/mol. The molecule has 0 aliphatic heterocycles. The number of primary amides is 1. The molecule has 0 bridgehead atoms. The Hall–Kier alpha value is -2.08. The number of nitrogens with two attached hydrogens (primary N) is 1. The molecule has 0 aliphatic rings. The van der Waals surface area contributed by atoms with Crippen LogP contribution >= 0.6 is 0 Å². The molecule has 0 unspecified atom stereocenters. The average molecular weight is 182 g/mol. The molecule has 6 nitrogen and oxygen atoms in total. The van der Waals surface area contributed by atoms with Crippen molar-refractivity contribution in [2.45, 2.75) is 12.8 Å². The molecule has 0 saturated carbocycles. The smallest absolute Gasteiger partial charge is 0.233 e. The van der Waals surface area contributed by atoms with Crippen LogP contribution in [0.25, 0.3) is 0 Å². The molecule has 0 aliphatic carbocycles. The average Bonchev–Trinajstić information content (AvgIpc) is 2.05. The first-order valence-corrected chi connectivity index (χ1v) is 3.31. The fraction of sp³-hybridized carbons (Fsp3) is 0.429. The van der Waals surface area contributed by atoms with E-state index >= 15 is 0 Å². The van der Waals surface area contributed by atoms with Crippen LogP contribution in [0.15, 0.2) is 0 Å². The van der Waals surface area contributed by atoms with Gasteiger partial charge in [-0.3, -0.25) is 9.59 Å². The van der Waals surface area contributed by atoms with Gasteiger partial charge in [0.15, 0.2) is 0 Å². The molecule has 0 rings (SSSR count). The first kappa shape index (κ1) is 13.5. The third-order valence-corrected chi connectivity index (χ3v) is 0.772. The summed E-state index contributed by atoms with van der Waals surface area (Å²) in [6.45, 7) is 0. The van der Waals surface area contributed by atoms with E-state index in [9.17, 15) is 9.59 Å². The zero-order valence-corrected chi connectivity index (χ0v) is 7.20. The van der Waals surface area contributed by atoms with E-state index < -0.39 is 5.91 Å². The zero-order valence-electron chi connectivity index (χ0n) is 7.20. The van der Waals surface area contributed by atoms with Gasteiger partial charge < -0.3 is 11.1 Å². The number of hydrogen-bond acceptors (Lipinski definition) is 4. The summed E-state index contributed by atoms with van der Waals surface area (Å²) in [6, 6.07) is 3.30. The van der Waals surface area contributed by atoms with Crippen LogP contribution in [0.1, 0.15) is 12.8 Å². The van der Waals surface area contributed by atoms with E-state index in [1.54, 1.807) is 12.1 Å².